The van der Waals surface area contributed by atoms with Gasteiger partial charge in [0.25, 0.3) is 0 Å². The molecule has 2 heteroatoms. The van der Waals surface area contributed by atoms with Crippen molar-refractivity contribution in [1.82, 2.24) is 4.98 Å². The second-order valence-corrected chi connectivity index (χ2v) is 4.94. The van der Waals surface area contributed by atoms with Crippen molar-refractivity contribution < 1.29 is 0 Å². The van der Waals surface area contributed by atoms with Gasteiger partial charge in [-0.1, -0.05) is 26.8 Å². The molecule has 0 saturated heterocycles. The minimum absolute atomic E-state index is 0.159. The van der Waals surface area contributed by atoms with Crippen LogP contribution in [-0.2, 0) is 6.42 Å². The SMILES string of the molecule is CCC1(C(C)C)Cc2ncccc2[C@H]1N. The standard InChI is InChI=1S/C13H20N2/c1-4-13(9(2)3)8-11-10(12(13)14)6-5-7-15-11/h5-7,9,12H,4,8,14H2,1-3H3/t12-,13?/m1/s1. The van der Waals surface area contributed by atoms with E-state index in [0.29, 0.717) is 5.92 Å². The predicted molar refractivity (Wildman–Crippen MR) is 62.4 cm³/mol. The molecule has 1 aliphatic rings. The Labute approximate surface area is 91.9 Å². The molecule has 1 aliphatic carbocycles. The summed E-state index contributed by atoms with van der Waals surface area (Å²) in [6.07, 6.45) is 4.04. The van der Waals surface area contributed by atoms with E-state index in [2.05, 4.69) is 31.8 Å². The Morgan fingerprint density at radius 3 is 2.87 bits per heavy atom. The van der Waals surface area contributed by atoms with Crippen molar-refractivity contribution >= 4 is 0 Å². The van der Waals surface area contributed by atoms with Gasteiger partial charge < -0.3 is 5.73 Å². The van der Waals surface area contributed by atoms with Gasteiger partial charge in [-0.3, -0.25) is 4.98 Å². The van der Waals surface area contributed by atoms with Gasteiger partial charge in [0.05, 0.1) is 0 Å². The molecule has 1 aromatic heterocycles. The summed E-state index contributed by atoms with van der Waals surface area (Å²) in [5.41, 5.74) is 9.08. The van der Waals surface area contributed by atoms with Gasteiger partial charge in [-0.05, 0) is 35.8 Å². The molecule has 1 unspecified atom stereocenters. The molecule has 0 aromatic carbocycles. The highest BCUT2D eigenvalue weighted by Crippen LogP contribution is 2.50. The van der Waals surface area contributed by atoms with E-state index < -0.39 is 0 Å². The maximum Gasteiger partial charge on any atom is 0.0457 e. The first-order chi connectivity index (χ1) is 7.12. The largest absolute Gasteiger partial charge is 0.323 e. The first kappa shape index (κ1) is 10.6. The summed E-state index contributed by atoms with van der Waals surface area (Å²) in [7, 11) is 0. The number of rotatable bonds is 2. The lowest BCUT2D eigenvalue weighted by molar-refractivity contribution is 0.151. The summed E-state index contributed by atoms with van der Waals surface area (Å²) >= 11 is 0. The zero-order valence-electron chi connectivity index (χ0n) is 9.83. The van der Waals surface area contributed by atoms with Crippen molar-refractivity contribution in [3.05, 3.63) is 29.6 Å². The van der Waals surface area contributed by atoms with Crippen molar-refractivity contribution in [1.29, 1.82) is 0 Å². The van der Waals surface area contributed by atoms with Gasteiger partial charge in [-0.2, -0.15) is 0 Å². The van der Waals surface area contributed by atoms with E-state index in [1.807, 2.05) is 12.3 Å². The molecule has 0 aliphatic heterocycles. The van der Waals surface area contributed by atoms with Crippen LogP contribution in [0.4, 0.5) is 0 Å². The van der Waals surface area contributed by atoms with Crippen LogP contribution in [0.1, 0.15) is 44.5 Å². The summed E-state index contributed by atoms with van der Waals surface area (Å²) in [4.78, 5) is 4.46. The van der Waals surface area contributed by atoms with E-state index in [1.165, 1.54) is 11.3 Å². The number of fused-ring (bicyclic) bond motifs is 1. The number of hydrogen-bond donors (Lipinski definition) is 1. The predicted octanol–water partition coefficient (Wildman–Crippen LogP) is 2.69. The van der Waals surface area contributed by atoms with Crippen LogP contribution in [0.25, 0.3) is 0 Å². The van der Waals surface area contributed by atoms with Gasteiger partial charge in [0.2, 0.25) is 0 Å². The van der Waals surface area contributed by atoms with E-state index in [9.17, 15) is 0 Å². The molecule has 0 fully saturated rings. The fourth-order valence-corrected chi connectivity index (χ4v) is 2.93. The summed E-state index contributed by atoms with van der Waals surface area (Å²) in [5, 5.41) is 0. The van der Waals surface area contributed by atoms with Crippen LogP contribution in [0.15, 0.2) is 18.3 Å². The second-order valence-electron chi connectivity index (χ2n) is 4.94. The van der Waals surface area contributed by atoms with E-state index in [1.54, 1.807) is 0 Å². The number of nitrogens with zero attached hydrogens (tertiary/aromatic N) is 1. The molecule has 1 aromatic rings. The topological polar surface area (TPSA) is 38.9 Å². The molecule has 82 valence electrons. The van der Waals surface area contributed by atoms with Gasteiger partial charge >= 0.3 is 0 Å². The summed E-state index contributed by atoms with van der Waals surface area (Å²) in [6.45, 7) is 6.79. The molecule has 0 saturated carbocycles. The highest BCUT2D eigenvalue weighted by Gasteiger charge is 2.45. The van der Waals surface area contributed by atoms with E-state index in [4.69, 9.17) is 5.73 Å². The van der Waals surface area contributed by atoms with Crippen molar-refractivity contribution in [2.24, 2.45) is 17.1 Å². The molecule has 15 heavy (non-hydrogen) atoms. The molecule has 2 nitrogen and oxygen atoms in total. The lowest BCUT2D eigenvalue weighted by atomic mass is 9.70. The van der Waals surface area contributed by atoms with Gasteiger partial charge in [-0.15, -0.1) is 0 Å². The van der Waals surface area contributed by atoms with Crippen molar-refractivity contribution in [3.63, 3.8) is 0 Å². The van der Waals surface area contributed by atoms with E-state index >= 15 is 0 Å². The van der Waals surface area contributed by atoms with E-state index in [0.717, 1.165) is 12.8 Å². The molecule has 2 atom stereocenters. The minimum Gasteiger partial charge on any atom is -0.323 e. The highest BCUT2D eigenvalue weighted by atomic mass is 14.8. The summed E-state index contributed by atoms with van der Waals surface area (Å²) < 4.78 is 0. The Morgan fingerprint density at radius 1 is 1.60 bits per heavy atom. The Morgan fingerprint density at radius 2 is 2.33 bits per heavy atom. The molecule has 0 bridgehead atoms. The maximum atomic E-state index is 6.40. The van der Waals surface area contributed by atoms with Gasteiger partial charge in [-0.25, -0.2) is 0 Å². The first-order valence-corrected chi connectivity index (χ1v) is 5.81. The van der Waals surface area contributed by atoms with Crippen molar-refractivity contribution in [2.45, 2.75) is 39.7 Å². The van der Waals surface area contributed by atoms with Crippen LogP contribution < -0.4 is 5.73 Å². The number of aromatic nitrogens is 1. The molecular weight excluding hydrogens is 184 g/mol. The molecule has 2 rings (SSSR count). The van der Waals surface area contributed by atoms with Crippen LogP contribution in [0.5, 0.6) is 0 Å². The lowest BCUT2D eigenvalue weighted by Gasteiger charge is -2.36. The Kier molecular flexibility index (Phi) is 2.55. The second kappa shape index (κ2) is 3.60. The zero-order chi connectivity index (χ0) is 11.1. The third kappa shape index (κ3) is 1.39. The van der Waals surface area contributed by atoms with E-state index in [-0.39, 0.29) is 11.5 Å². The zero-order valence-corrected chi connectivity index (χ0v) is 9.83. The smallest absolute Gasteiger partial charge is 0.0457 e. The first-order valence-electron chi connectivity index (χ1n) is 5.81. The normalized spacial score (nSPS) is 29.5. The lowest BCUT2D eigenvalue weighted by Crippen LogP contribution is -2.35. The molecule has 0 amide bonds. The molecule has 0 radical (unpaired) electrons. The van der Waals surface area contributed by atoms with Crippen LogP contribution in [0.2, 0.25) is 0 Å². The van der Waals surface area contributed by atoms with Crippen LogP contribution in [-0.4, -0.2) is 4.98 Å². The fraction of sp³-hybridized carbons (Fsp3) is 0.615. The van der Waals surface area contributed by atoms with Crippen LogP contribution in [0.3, 0.4) is 0 Å². The highest BCUT2D eigenvalue weighted by molar-refractivity contribution is 5.33. The van der Waals surface area contributed by atoms with Crippen LogP contribution >= 0.6 is 0 Å². The van der Waals surface area contributed by atoms with Crippen LogP contribution in [0, 0.1) is 11.3 Å². The van der Waals surface area contributed by atoms with Gasteiger partial charge in [0.1, 0.15) is 0 Å². The Bertz CT molecular complexity index is 359. The maximum absolute atomic E-state index is 6.40. The van der Waals surface area contributed by atoms with Gasteiger partial charge in [0.15, 0.2) is 0 Å². The average molecular weight is 204 g/mol. The van der Waals surface area contributed by atoms with Crippen molar-refractivity contribution in [2.75, 3.05) is 0 Å². The fourth-order valence-electron chi connectivity index (χ4n) is 2.93. The van der Waals surface area contributed by atoms with Crippen molar-refractivity contribution in [3.8, 4) is 0 Å². The minimum atomic E-state index is 0.159. The average Bonchev–Trinajstić information content (AvgIpc) is 2.53. The summed E-state index contributed by atoms with van der Waals surface area (Å²) in [6, 6.07) is 4.28. The van der Waals surface area contributed by atoms with Gasteiger partial charge in [0, 0.05) is 17.9 Å². The molecule has 0 spiro atoms. The third-order valence-corrected chi connectivity index (χ3v) is 4.18. The monoisotopic (exact) mass is 204 g/mol. The number of pyridine rings is 1. The number of hydrogen-bond acceptors (Lipinski definition) is 2. The Hall–Kier alpha value is -0.890. The molecular formula is C13H20N2. The quantitative estimate of drug-likeness (QED) is 0.804. The Balaban J connectivity index is 2.44. The molecule has 1 heterocycles. The molecule has 2 N–H and O–H groups in total. The summed E-state index contributed by atoms with van der Waals surface area (Å²) in [5.74, 6) is 0.603. The number of nitrogens with two attached hydrogens (primary N) is 1. The third-order valence-electron chi connectivity index (χ3n) is 4.18.